The van der Waals surface area contributed by atoms with E-state index in [2.05, 4.69) is 16.5 Å². The molecule has 0 bridgehead atoms. The molecule has 0 aliphatic heterocycles. The van der Waals surface area contributed by atoms with Gasteiger partial charge in [0.25, 0.3) is 5.56 Å². The highest BCUT2D eigenvalue weighted by atomic mass is 35.5. The zero-order valence-electron chi connectivity index (χ0n) is 18.8. The quantitative estimate of drug-likeness (QED) is 0.429. The zero-order chi connectivity index (χ0) is 23.9. The maximum Gasteiger partial charge on any atom is 0.267 e. The van der Waals surface area contributed by atoms with Gasteiger partial charge in [-0.3, -0.25) is 4.79 Å². The lowest BCUT2D eigenvalue weighted by molar-refractivity contribution is 0.312. The second-order valence-electron chi connectivity index (χ2n) is 7.78. The fourth-order valence-corrected chi connectivity index (χ4v) is 3.91. The second kappa shape index (κ2) is 10.9. The Morgan fingerprint density at radius 2 is 2.00 bits per heavy atom. The number of hydrogen-bond acceptors (Lipinski definition) is 6. The highest BCUT2D eigenvalue weighted by Crippen LogP contribution is 2.33. The molecule has 1 aliphatic rings. The maximum atomic E-state index is 12.4. The Morgan fingerprint density at radius 1 is 1.15 bits per heavy atom. The van der Waals surface area contributed by atoms with Crippen molar-refractivity contribution in [1.82, 2.24) is 9.78 Å². The average Bonchev–Trinajstić information content (AvgIpc) is 2.84. The molecule has 34 heavy (non-hydrogen) atoms. The van der Waals surface area contributed by atoms with E-state index in [1.165, 1.54) is 10.7 Å². The van der Waals surface area contributed by atoms with Crippen LogP contribution in [-0.2, 0) is 6.54 Å². The smallest absolute Gasteiger partial charge is 0.267 e. The number of phenolic OH excluding ortho intramolecular Hbond substituents is 1. The predicted molar refractivity (Wildman–Crippen MR) is 134 cm³/mol. The first-order chi connectivity index (χ1) is 16.5. The zero-order valence-corrected chi connectivity index (χ0v) is 19.6. The van der Waals surface area contributed by atoms with Crippen LogP contribution in [-0.4, -0.2) is 35.1 Å². The highest BCUT2D eigenvalue weighted by Gasteiger charge is 2.13. The van der Waals surface area contributed by atoms with Crippen LogP contribution in [0.3, 0.4) is 0 Å². The van der Waals surface area contributed by atoms with Crippen molar-refractivity contribution in [3.8, 4) is 17.2 Å². The maximum absolute atomic E-state index is 12.4. The molecule has 2 N–H and O–H groups in total. The van der Waals surface area contributed by atoms with Crippen molar-refractivity contribution in [2.45, 2.75) is 19.4 Å². The highest BCUT2D eigenvalue weighted by molar-refractivity contribution is 6.30. The molecule has 176 valence electrons. The number of nitrogens with one attached hydrogen (secondary N) is 1. The van der Waals surface area contributed by atoms with Crippen molar-refractivity contribution in [2.24, 2.45) is 0 Å². The lowest BCUT2D eigenvalue weighted by Gasteiger charge is -2.15. The van der Waals surface area contributed by atoms with Crippen molar-refractivity contribution in [2.75, 3.05) is 25.6 Å². The van der Waals surface area contributed by atoms with Gasteiger partial charge in [-0.25, -0.2) is 4.68 Å². The number of rotatable bonds is 9. The van der Waals surface area contributed by atoms with E-state index in [-0.39, 0.29) is 11.3 Å². The van der Waals surface area contributed by atoms with Crippen LogP contribution in [0.5, 0.6) is 17.2 Å². The largest absolute Gasteiger partial charge is 0.504 e. The van der Waals surface area contributed by atoms with Gasteiger partial charge in [0.2, 0.25) is 0 Å². The minimum Gasteiger partial charge on any atom is -0.504 e. The molecule has 0 saturated carbocycles. The summed E-state index contributed by atoms with van der Waals surface area (Å²) in [5, 5.41) is 18.2. The Kier molecular flexibility index (Phi) is 7.54. The Morgan fingerprint density at radius 3 is 2.79 bits per heavy atom. The molecule has 7 nitrogen and oxygen atoms in total. The van der Waals surface area contributed by atoms with E-state index in [4.69, 9.17) is 21.1 Å². The summed E-state index contributed by atoms with van der Waals surface area (Å²) in [5.74, 6) is 1.81. The summed E-state index contributed by atoms with van der Waals surface area (Å²) in [4.78, 5) is 12.4. The van der Waals surface area contributed by atoms with Crippen LogP contribution in [0, 0.1) is 0 Å². The third-order valence-corrected chi connectivity index (χ3v) is 5.66. The van der Waals surface area contributed by atoms with Gasteiger partial charge in [-0.1, -0.05) is 35.9 Å². The van der Waals surface area contributed by atoms with E-state index >= 15 is 0 Å². The number of phenols is 1. The van der Waals surface area contributed by atoms with Gasteiger partial charge < -0.3 is 19.9 Å². The van der Waals surface area contributed by atoms with Gasteiger partial charge >= 0.3 is 0 Å². The monoisotopic (exact) mass is 479 g/mol. The van der Waals surface area contributed by atoms with E-state index in [0.717, 1.165) is 40.3 Å². The van der Waals surface area contributed by atoms with Crippen LogP contribution in [0.1, 0.15) is 24.0 Å². The van der Waals surface area contributed by atoms with Crippen LogP contribution < -0.4 is 20.3 Å². The fourth-order valence-electron chi connectivity index (χ4n) is 3.68. The third-order valence-electron chi connectivity index (χ3n) is 5.36. The SMILES string of the molecule is COc1ccc(Cn2nc(NCCOc3ccccc3O)ccc2=O)cc1C1=CCCC(Cl)=C1. The van der Waals surface area contributed by atoms with Crippen LogP contribution in [0.25, 0.3) is 5.57 Å². The number of allylic oxidation sites excluding steroid dienone is 4. The molecule has 1 aliphatic carbocycles. The summed E-state index contributed by atoms with van der Waals surface area (Å²) in [7, 11) is 1.64. The fraction of sp³-hybridized carbons (Fsp3) is 0.231. The van der Waals surface area contributed by atoms with Gasteiger partial charge in [-0.05, 0) is 60.4 Å². The molecular weight excluding hydrogens is 454 g/mol. The first-order valence-electron chi connectivity index (χ1n) is 11.0. The number of aromatic nitrogens is 2. The van der Waals surface area contributed by atoms with Crippen LogP contribution in [0.15, 0.2) is 76.6 Å². The Balaban J connectivity index is 1.45. The number of methoxy groups -OCH3 is 1. The lowest BCUT2D eigenvalue weighted by Crippen LogP contribution is -2.24. The molecule has 1 heterocycles. The number of ether oxygens (including phenoxy) is 2. The summed E-state index contributed by atoms with van der Waals surface area (Å²) in [6, 6.07) is 15.7. The predicted octanol–water partition coefficient (Wildman–Crippen LogP) is 4.80. The Hall–Kier alpha value is -3.71. The molecule has 3 aromatic rings. The van der Waals surface area contributed by atoms with Gasteiger partial charge in [0.1, 0.15) is 18.2 Å². The molecule has 0 radical (unpaired) electrons. The van der Waals surface area contributed by atoms with Gasteiger partial charge in [0, 0.05) is 16.7 Å². The van der Waals surface area contributed by atoms with E-state index in [1.54, 1.807) is 37.4 Å². The normalized spacial score (nSPS) is 13.1. The van der Waals surface area contributed by atoms with Gasteiger partial charge in [-0.2, -0.15) is 5.10 Å². The number of anilines is 1. The Bertz CT molecular complexity index is 1280. The molecule has 0 fully saturated rings. The number of aromatic hydroxyl groups is 1. The molecule has 0 amide bonds. The number of para-hydroxylation sites is 2. The summed E-state index contributed by atoms with van der Waals surface area (Å²) in [6.07, 6.45) is 5.81. The molecule has 1 aromatic heterocycles. The molecule has 0 atom stereocenters. The summed E-state index contributed by atoms with van der Waals surface area (Å²) in [5.41, 5.74) is 2.66. The molecule has 2 aromatic carbocycles. The first kappa shape index (κ1) is 23.4. The van der Waals surface area contributed by atoms with Crippen molar-refractivity contribution in [3.63, 3.8) is 0 Å². The molecule has 4 rings (SSSR count). The summed E-state index contributed by atoms with van der Waals surface area (Å²) < 4.78 is 12.5. The minimum atomic E-state index is -0.201. The van der Waals surface area contributed by atoms with Crippen molar-refractivity contribution in [1.29, 1.82) is 0 Å². The number of halogens is 1. The standard InChI is InChI=1S/C26H26ClN3O4/c1-33-23-10-9-18(15-21(23)19-5-4-6-20(27)16-19)17-30-26(32)12-11-25(29-30)28-13-14-34-24-8-3-2-7-22(24)31/h2-3,5,7-12,15-16,31H,4,6,13-14,17H2,1H3,(H,28,29). The number of benzene rings is 2. The Labute approximate surface area is 202 Å². The minimum absolute atomic E-state index is 0.0924. The van der Waals surface area contributed by atoms with Gasteiger partial charge in [-0.15, -0.1) is 0 Å². The van der Waals surface area contributed by atoms with E-state index in [1.807, 2.05) is 24.3 Å². The van der Waals surface area contributed by atoms with Crippen LogP contribution in [0.2, 0.25) is 0 Å². The second-order valence-corrected chi connectivity index (χ2v) is 8.27. The first-order valence-corrected chi connectivity index (χ1v) is 11.4. The molecule has 8 heteroatoms. The molecule has 0 spiro atoms. The molecule has 0 saturated heterocycles. The third kappa shape index (κ3) is 5.80. The van der Waals surface area contributed by atoms with Gasteiger partial charge in [0.05, 0.1) is 20.2 Å². The van der Waals surface area contributed by atoms with Crippen molar-refractivity contribution in [3.05, 3.63) is 93.3 Å². The van der Waals surface area contributed by atoms with E-state index in [0.29, 0.717) is 31.3 Å². The number of nitrogens with zero attached hydrogens (tertiary/aromatic N) is 2. The molecular formula is C26H26ClN3O4. The topological polar surface area (TPSA) is 85.6 Å². The summed E-state index contributed by atoms with van der Waals surface area (Å²) >= 11 is 6.25. The van der Waals surface area contributed by atoms with Gasteiger partial charge in [0.15, 0.2) is 11.5 Å². The average molecular weight is 480 g/mol. The lowest BCUT2D eigenvalue weighted by atomic mass is 9.97. The number of hydrogen-bond donors (Lipinski definition) is 2. The molecule has 0 unspecified atom stereocenters. The van der Waals surface area contributed by atoms with Crippen molar-refractivity contribution < 1.29 is 14.6 Å². The van der Waals surface area contributed by atoms with E-state index in [9.17, 15) is 9.90 Å². The summed E-state index contributed by atoms with van der Waals surface area (Å²) in [6.45, 7) is 1.09. The van der Waals surface area contributed by atoms with Crippen LogP contribution >= 0.6 is 11.6 Å². The van der Waals surface area contributed by atoms with Crippen molar-refractivity contribution >= 4 is 23.0 Å². The van der Waals surface area contributed by atoms with Crippen LogP contribution in [0.4, 0.5) is 5.82 Å². The van der Waals surface area contributed by atoms with E-state index < -0.39 is 0 Å².